The molecule has 0 N–H and O–H groups in total. The minimum Gasteiger partial charge on any atom is -0.0616 e. The van der Waals surface area contributed by atoms with E-state index in [-0.39, 0.29) is 0 Å². The van der Waals surface area contributed by atoms with Crippen LogP contribution in [0.4, 0.5) is 0 Å². The Morgan fingerprint density at radius 1 is 0.241 bits per heavy atom. The molecule has 0 bridgehead atoms. The Bertz CT molecular complexity index is 3710. The van der Waals surface area contributed by atoms with E-state index in [4.69, 9.17) is 0 Å². The molecule has 2 aliphatic rings. The maximum atomic E-state index is 2.40. The Morgan fingerprint density at radius 2 is 0.707 bits per heavy atom. The average Bonchev–Trinajstić information content (AvgIpc) is 3.25. The van der Waals surface area contributed by atoms with Gasteiger partial charge in [-0.1, -0.05) is 194 Å². The molecule has 266 valence electrons. The van der Waals surface area contributed by atoms with Crippen molar-refractivity contribution in [2.75, 3.05) is 0 Å². The average molecular weight is 731 g/mol. The second-order valence-electron chi connectivity index (χ2n) is 15.9. The van der Waals surface area contributed by atoms with Crippen LogP contribution in [-0.2, 0) is 0 Å². The predicted octanol–water partition coefficient (Wildman–Crippen LogP) is 14.3. The molecule has 0 aromatic heterocycles. The van der Waals surface area contributed by atoms with Gasteiger partial charge in [-0.25, -0.2) is 0 Å². The molecule has 0 saturated heterocycles. The fourth-order valence-electron chi connectivity index (χ4n) is 10.2. The highest BCUT2D eigenvalue weighted by Crippen LogP contribution is 2.46. The summed E-state index contributed by atoms with van der Waals surface area (Å²) in [5, 5.41) is 18.4. The Hall–Kier alpha value is -7.54. The second kappa shape index (κ2) is 12.0. The van der Waals surface area contributed by atoms with E-state index in [0.717, 1.165) is 0 Å². The number of hydrogen-bond donors (Lipinski definition) is 0. The van der Waals surface area contributed by atoms with Gasteiger partial charge in [0.15, 0.2) is 0 Å². The first kappa shape index (κ1) is 31.6. The minimum atomic E-state index is 1.22. The van der Waals surface area contributed by atoms with Crippen LogP contribution < -0.4 is 10.4 Å². The van der Waals surface area contributed by atoms with E-state index in [1.54, 1.807) is 0 Å². The first-order chi connectivity index (χ1) is 28.8. The van der Waals surface area contributed by atoms with Crippen LogP contribution in [0.2, 0.25) is 0 Å². The molecule has 0 amide bonds. The standard InChI is InChI=1S/C58H34/c1-3-15-43-41(13-1)47-31-32-54(47)58-40(21-10-22-49(43)58)35-23-25-36(26-24-35)56-50-17-5-7-19-52(50)57(53-20-8-6-18-51(53)56)39-12-9-11-37(33-39)38-27-28-48-46-30-29-45(46)42-14-2-4-16-44(42)55(48)34-38/h1-34H. The van der Waals surface area contributed by atoms with Crippen molar-refractivity contribution in [3.05, 3.63) is 204 Å². The number of benzene rings is 11. The van der Waals surface area contributed by atoms with E-state index in [0.29, 0.717) is 0 Å². The highest BCUT2D eigenvalue weighted by Gasteiger charge is 2.20. The third-order valence-electron chi connectivity index (χ3n) is 13.0. The first-order valence-electron chi connectivity index (χ1n) is 20.3. The van der Waals surface area contributed by atoms with E-state index < -0.39 is 0 Å². The summed E-state index contributed by atoms with van der Waals surface area (Å²) >= 11 is 0. The van der Waals surface area contributed by atoms with Crippen LogP contribution in [0.1, 0.15) is 11.1 Å². The zero-order valence-electron chi connectivity index (χ0n) is 31.6. The zero-order chi connectivity index (χ0) is 37.9. The lowest BCUT2D eigenvalue weighted by molar-refractivity contribution is 1.59. The summed E-state index contributed by atoms with van der Waals surface area (Å²) in [6, 6.07) is 67.9. The predicted molar refractivity (Wildman–Crippen MR) is 250 cm³/mol. The highest BCUT2D eigenvalue weighted by atomic mass is 14.2. The van der Waals surface area contributed by atoms with Crippen LogP contribution in [0, 0.1) is 0 Å². The van der Waals surface area contributed by atoms with Gasteiger partial charge in [0.25, 0.3) is 0 Å². The zero-order valence-corrected chi connectivity index (χ0v) is 31.6. The highest BCUT2D eigenvalue weighted by molar-refractivity contribution is 6.24. The fourth-order valence-corrected chi connectivity index (χ4v) is 10.2. The molecule has 11 aromatic rings. The lowest BCUT2D eigenvalue weighted by Crippen LogP contribution is -2.31. The van der Waals surface area contributed by atoms with Crippen LogP contribution >= 0.6 is 0 Å². The summed E-state index contributed by atoms with van der Waals surface area (Å²) in [6.45, 7) is 0. The molecule has 0 heteroatoms. The van der Waals surface area contributed by atoms with Gasteiger partial charge in [0.1, 0.15) is 0 Å². The molecule has 0 nitrogen and oxygen atoms in total. The van der Waals surface area contributed by atoms with E-state index >= 15 is 0 Å². The number of hydrogen-bond acceptors (Lipinski definition) is 0. The van der Waals surface area contributed by atoms with E-state index in [1.165, 1.54) is 131 Å². The topological polar surface area (TPSA) is 0 Å². The smallest absolute Gasteiger partial charge is 0.00204 e. The van der Waals surface area contributed by atoms with Crippen molar-refractivity contribution in [3.8, 4) is 44.5 Å². The van der Waals surface area contributed by atoms with Gasteiger partial charge >= 0.3 is 0 Å². The largest absolute Gasteiger partial charge is 0.0616 e. The summed E-state index contributed by atoms with van der Waals surface area (Å²) in [6.07, 6.45) is 9.05. The normalized spacial score (nSPS) is 12.7. The van der Waals surface area contributed by atoms with Crippen LogP contribution in [0.3, 0.4) is 0 Å². The van der Waals surface area contributed by atoms with E-state index in [1.807, 2.05) is 0 Å². The summed E-state index contributed by atoms with van der Waals surface area (Å²) in [4.78, 5) is 0. The van der Waals surface area contributed by atoms with Crippen molar-refractivity contribution in [1.82, 2.24) is 0 Å². The monoisotopic (exact) mass is 730 g/mol. The SMILES string of the molecule is C1=Cc2c1c1ccccc1c1cccc(-c3ccc(-c4c5ccccc5c(-c5cccc(-c6ccc7c8c(c9ccccc9c7c6)=CC=8)c5)c5ccccc45)cc3)c21. The van der Waals surface area contributed by atoms with Crippen molar-refractivity contribution in [1.29, 1.82) is 0 Å². The lowest BCUT2D eigenvalue weighted by Gasteiger charge is -2.21. The molecular formula is C58H34. The van der Waals surface area contributed by atoms with Gasteiger partial charge in [0, 0.05) is 0 Å². The van der Waals surface area contributed by atoms with Gasteiger partial charge in [-0.15, -0.1) is 0 Å². The molecule has 0 spiro atoms. The molecule has 11 aromatic carbocycles. The molecule has 0 aliphatic heterocycles. The Labute approximate surface area is 335 Å². The van der Waals surface area contributed by atoms with Gasteiger partial charge in [-0.3, -0.25) is 0 Å². The Balaban J connectivity index is 0.962. The summed E-state index contributed by atoms with van der Waals surface area (Å²) in [5.74, 6) is 0. The van der Waals surface area contributed by atoms with Crippen molar-refractivity contribution >= 4 is 88.9 Å². The Morgan fingerprint density at radius 3 is 1.34 bits per heavy atom. The maximum Gasteiger partial charge on any atom is -0.00204 e. The van der Waals surface area contributed by atoms with Crippen LogP contribution in [-0.4, -0.2) is 0 Å². The van der Waals surface area contributed by atoms with Crippen molar-refractivity contribution in [3.63, 3.8) is 0 Å². The molecule has 13 rings (SSSR count). The second-order valence-corrected chi connectivity index (χ2v) is 15.9. The molecule has 58 heavy (non-hydrogen) atoms. The molecule has 0 saturated carbocycles. The van der Waals surface area contributed by atoms with E-state index in [2.05, 4.69) is 206 Å². The molecule has 0 heterocycles. The quantitative estimate of drug-likeness (QED) is 0.125. The molecule has 0 radical (unpaired) electrons. The Kier molecular flexibility index (Phi) is 6.54. The van der Waals surface area contributed by atoms with Crippen molar-refractivity contribution in [2.24, 2.45) is 0 Å². The van der Waals surface area contributed by atoms with Gasteiger partial charge in [0.05, 0.1) is 0 Å². The minimum absolute atomic E-state index is 1.22. The summed E-state index contributed by atoms with van der Waals surface area (Å²) in [7, 11) is 0. The third-order valence-corrected chi connectivity index (χ3v) is 13.0. The number of fused-ring (bicyclic) bond motifs is 14. The van der Waals surface area contributed by atoms with Crippen molar-refractivity contribution < 1.29 is 0 Å². The van der Waals surface area contributed by atoms with E-state index in [9.17, 15) is 0 Å². The molecule has 0 atom stereocenters. The van der Waals surface area contributed by atoms with Crippen LogP contribution in [0.15, 0.2) is 182 Å². The van der Waals surface area contributed by atoms with Gasteiger partial charge in [-0.05, 0) is 143 Å². The first-order valence-corrected chi connectivity index (χ1v) is 20.3. The fraction of sp³-hybridized carbons (Fsp3) is 0. The molecule has 2 aliphatic carbocycles. The molecule has 0 unspecified atom stereocenters. The summed E-state index contributed by atoms with van der Waals surface area (Å²) < 4.78 is 0. The van der Waals surface area contributed by atoms with Crippen LogP contribution in [0.5, 0.6) is 0 Å². The molecule has 0 fully saturated rings. The summed E-state index contributed by atoms with van der Waals surface area (Å²) in [5.41, 5.74) is 12.7. The van der Waals surface area contributed by atoms with Gasteiger partial charge in [0.2, 0.25) is 0 Å². The van der Waals surface area contributed by atoms with Gasteiger partial charge < -0.3 is 0 Å². The number of rotatable bonds is 4. The van der Waals surface area contributed by atoms with Crippen LogP contribution in [0.25, 0.3) is 133 Å². The van der Waals surface area contributed by atoms with Crippen molar-refractivity contribution in [2.45, 2.75) is 0 Å². The maximum absolute atomic E-state index is 2.40. The lowest BCUT2D eigenvalue weighted by atomic mass is 9.82. The third kappa shape index (κ3) is 4.40. The van der Waals surface area contributed by atoms with Gasteiger partial charge in [-0.2, -0.15) is 0 Å². The molecular weight excluding hydrogens is 697 g/mol.